The zero-order valence-electron chi connectivity index (χ0n) is 11.7. The maximum absolute atomic E-state index is 9.28. The highest BCUT2D eigenvalue weighted by molar-refractivity contribution is 5.93. The van der Waals surface area contributed by atoms with E-state index in [1.165, 1.54) is 37.7 Å². The van der Waals surface area contributed by atoms with Crippen molar-refractivity contribution in [3.8, 4) is 6.07 Å². The molecule has 0 saturated heterocycles. The fraction of sp³-hybridized carbons (Fsp3) is 0.438. The number of anilines is 1. The van der Waals surface area contributed by atoms with Crippen molar-refractivity contribution in [3.63, 3.8) is 0 Å². The molecule has 3 rings (SSSR count). The topological polar surface area (TPSA) is 61.6 Å². The summed E-state index contributed by atoms with van der Waals surface area (Å²) in [6.07, 6.45) is 6.17. The number of rotatable bonds is 2. The monoisotopic (exact) mass is 266 g/mol. The summed E-state index contributed by atoms with van der Waals surface area (Å²) in [5.41, 5.74) is 3.26. The molecule has 2 aromatic rings. The summed E-state index contributed by atoms with van der Waals surface area (Å²) >= 11 is 0. The molecule has 20 heavy (non-hydrogen) atoms. The van der Waals surface area contributed by atoms with Crippen molar-refractivity contribution in [2.45, 2.75) is 45.1 Å². The molecule has 1 aliphatic rings. The lowest BCUT2D eigenvalue weighted by Crippen LogP contribution is -2.23. The van der Waals surface area contributed by atoms with Crippen LogP contribution in [0.15, 0.2) is 18.2 Å². The summed E-state index contributed by atoms with van der Waals surface area (Å²) < 4.78 is 0. The first kappa shape index (κ1) is 12.9. The molecule has 1 heterocycles. The Morgan fingerprint density at radius 3 is 2.75 bits per heavy atom. The van der Waals surface area contributed by atoms with Gasteiger partial charge < -0.3 is 5.32 Å². The quantitative estimate of drug-likeness (QED) is 0.902. The van der Waals surface area contributed by atoms with Crippen molar-refractivity contribution in [2.24, 2.45) is 0 Å². The van der Waals surface area contributed by atoms with Crippen LogP contribution in [0.3, 0.4) is 0 Å². The van der Waals surface area contributed by atoms with Gasteiger partial charge in [0.2, 0.25) is 0 Å². The summed E-state index contributed by atoms with van der Waals surface area (Å²) in [6.45, 7) is 2.05. The largest absolute Gasteiger partial charge is 0.379 e. The second-order valence-electron chi connectivity index (χ2n) is 5.54. The van der Waals surface area contributed by atoms with E-state index in [0.29, 0.717) is 11.7 Å². The van der Waals surface area contributed by atoms with E-state index in [2.05, 4.69) is 34.6 Å². The Morgan fingerprint density at radius 2 is 2.00 bits per heavy atom. The predicted molar refractivity (Wildman–Crippen MR) is 79.5 cm³/mol. The van der Waals surface area contributed by atoms with Crippen molar-refractivity contribution in [2.75, 3.05) is 5.32 Å². The Hall–Kier alpha value is -2.15. The zero-order valence-corrected chi connectivity index (χ0v) is 11.7. The molecule has 0 amide bonds. The average Bonchev–Trinajstić information content (AvgIpc) is 2.49. The van der Waals surface area contributed by atoms with Crippen LogP contribution in [0.25, 0.3) is 10.9 Å². The smallest absolute Gasteiger partial charge is 0.186 e. The minimum absolute atomic E-state index is 0.397. The summed E-state index contributed by atoms with van der Waals surface area (Å²) in [7, 11) is 0. The summed E-state index contributed by atoms with van der Waals surface area (Å²) in [5, 5.41) is 22.0. The van der Waals surface area contributed by atoms with Crippen LogP contribution in [0.4, 0.5) is 5.69 Å². The molecule has 0 bridgehead atoms. The van der Waals surface area contributed by atoms with Crippen molar-refractivity contribution in [3.05, 3.63) is 29.5 Å². The summed E-state index contributed by atoms with van der Waals surface area (Å²) in [5.74, 6) is 0. The van der Waals surface area contributed by atoms with Gasteiger partial charge in [0.15, 0.2) is 5.69 Å². The standard InChI is InChI=1S/C16H18N4/c1-11-7-8-14-13(9-11)16(15(10-17)20-19-14)18-12-5-3-2-4-6-12/h7-9,12H,2-6H2,1H3,(H,18,19). The molecule has 1 fully saturated rings. The van der Waals surface area contributed by atoms with Crippen LogP contribution in [0, 0.1) is 18.3 Å². The molecule has 0 unspecified atom stereocenters. The van der Waals surface area contributed by atoms with Gasteiger partial charge in [0, 0.05) is 11.4 Å². The van der Waals surface area contributed by atoms with Gasteiger partial charge in [-0.25, -0.2) is 0 Å². The number of nitriles is 1. The molecule has 4 heteroatoms. The van der Waals surface area contributed by atoms with E-state index < -0.39 is 0 Å². The summed E-state index contributed by atoms with van der Waals surface area (Å²) in [6, 6.07) is 8.67. The maximum atomic E-state index is 9.28. The number of hydrogen-bond donors (Lipinski definition) is 1. The van der Waals surface area contributed by atoms with Gasteiger partial charge in [-0.1, -0.05) is 30.9 Å². The first-order chi connectivity index (χ1) is 9.78. The van der Waals surface area contributed by atoms with Gasteiger partial charge in [0.1, 0.15) is 6.07 Å². The van der Waals surface area contributed by atoms with Gasteiger partial charge in [-0.2, -0.15) is 5.26 Å². The van der Waals surface area contributed by atoms with Crippen LogP contribution < -0.4 is 5.32 Å². The molecule has 1 aliphatic carbocycles. The second-order valence-corrected chi connectivity index (χ2v) is 5.54. The third-order valence-electron chi connectivity index (χ3n) is 3.98. The Kier molecular flexibility index (Phi) is 3.51. The van der Waals surface area contributed by atoms with Crippen molar-refractivity contribution in [1.82, 2.24) is 10.2 Å². The van der Waals surface area contributed by atoms with Crippen LogP contribution in [-0.4, -0.2) is 16.2 Å². The minimum Gasteiger partial charge on any atom is -0.379 e. The van der Waals surface area contributed by atoms with Crippen LogP contribution >= 0.6 is 0 Å². The number of nitrogens with one attached hydrogen (secondary N) is 1. The van der Waals surface area contributed by atoms with Crippen LogP contribution in [0.5, 0.6) is 0 Å². The molecule has 0 spiro atoms. The second kappa shape index (κ2) is 5.46. The van der Waals surface area contributed by atoms with Crippen LogP contribution in [0.1, 0.15) is 43.4 Å². The molecular formula is C16H18N4. The number of benzene rings is 1. The Labute approximate surface area is 118 Å². The molecule has 102 valence electrons. The maximum Gasteiger partial charge on any atom is 0.186 e. The Morgan fingerprint density at radius 1 is 1.20 bits per heavy atom. The lowest BCUT2D eigenvalue weighted by Gasteiger charge is -2.24. The lowest BCUT2D eigenvalue weighted by atomic mass is 9.95. The van der Waals surface area contributed by atoms with Crippen molar-refractivity contribution >= 4 is 16.6 Å². The highest BCUT2D eigenvalue weighted by atomic mass is 15.1. The normalized spacial score (nSPS) is 16.0. The fourth-order valence-electron chi connectivity index (χ4n) is 2.89. The fourth-order valence-corrected chi connectivity index (χ4v) is 2.89. The van der Waals surface area contributed by atoms with E-state index in [1.807, 2.05) is 12.1 Å². The van der Waals surface area contributed by atoms with E-state index in [1.54, 1.807) is 0 Å². The number of fused-ring (bicyclic) bond motifs is 1. The van der Waals surface area contributed by atoms with Crippen molar-refractivity contribution in [1.29, 1.82) is 5.26 Å². The highest BCUT2D eigenvalue weighted by Gasteiger charge is 2.17. The number of aryl methyl sites for hydroxylation is 1. The minimum atomic E-state index is 0.397. The van der Waals surface area contributed by atoms with Gasteiger partial charge in [-0.3, -0.25) is 0 Å². The molecule has 1 aromatic heterocycles. The SMILES string of the molecule is Cc1ccc2nnc(C#N)c(NC3CCCCC3)c2c1. The third kappa shape index (κ3) is 2.44. The van der Waals surface area contributed by atoms with Crippen molar-refractivity contribution < 1.29 is 0 Å². The molecule has 0 radical (unpaired) electrons. The molecule has 4 nitrogen and oxygen atoms in total. The van der Waals surface area contributed by atoms with E-state index in [0.717, 1.165) is 16.6 Å². The first-order valence-electron chi connectivity index (χ1n) is 7.21. The van der Waals surface area contributed by atoms with Gasteiger partial charge in [-0.05, 0) is 31.9 Å². The van der Waals surface area contributed by atoms with Gasteiger partial charge in [0.25, 0.3) is 0 Å². The highest BCUT2D eigenvalue weighted by Crippen LogP contribution is 2.28. The lowest BCUT2D eigenvalue weighted by molar-refractivity contribution is 0.463. The number of aromatic nitrogens is 2. The van der Waals surface area contributed by atoms with E-state index in [9.17, 15) is 5.26 Å². The first-order valence-corrected chi connectivity index (χ1v) is 7.21. The molecule has 1 N–H and O–H groups in total. The van der Waals surface area contributed by atoms with Crippen LogP contribution in [-0.2, 0) is 0 Å². The summed E-state index contributed by atoms with van der Waals surface area (Å²) in [4.78, 5) is 0. The van der Waals surface area contributed by atoms with E-state index >= 15 is 0 Å². The molecule has 0 atom stereocenters. The van der Waals surface area contributed by atoms with Crippen LogP contribution in [0.2, 0.25) is 0 Å². The molecule has 0 aliphatic heterocycles. The average molecular weight is 266 g/mol. The van der Waals surface area contributed by atoms with E-state index in [4.69, 9.17) is 0 Å². The van der Waals surface area contributed by atoms with Gasteiger partial charge >= 0.3 is 0 Å². The van der Waals surface area contributed by atoms with E-state index in [-0.39, 0.29) is 0 Å². The molecule has 1 saturated carbocycles. The molecule has 1 aromatic carbocycles. The number of hydrogen-bond acceptors (Lipinski definition) is 4. The Bertz CT molecular complexity index is 666. The van der Waals surface area contributed by atoms with Gasteiger partial charge in [0.05, 0.1) is 11.2 Å². The number of nitrogens with zero attached hydrogens (tertiary/aromatic N) is 3. The Balaban J connectivity index is 2.05. The zero-order chi connectivity index (χ0) is 13.9. The van der Waals surface area contributed by atoms with Gasteiger partial charge in [-0.15, -0.1) is 10.2 Å². The third-order valence-corrected chi connectivity index (χ3v) is 3.98. The predicted octanol–water partition coefficient (Wildman–Crippen LogP) is 3.55. The molecular weight excluding hydrogens is 248 g/mol.